The quantitative estimate of drug-likeness (QED) is 0.684. The predicted molar refractivity (Wildman–Crippen MR) is 73.0 cm³/mol. The Morgan fingerprint density at radius 1 is 1.11 bits per heavy atom. The average molecular weight is 237 g/mol. The number of rotatable bonds is 2. The van der Waals surface area contributed by atoms with Crippen LogP contribution in [0.15, 0.2) is 42.6 Å². The molecule has 0 aliphatic rings. The van der Waals surface area contributed by atoms with Crippen LogP contribution in [0.5, 0.6) is 0 Å². The Hall–Kier alpha value is -2.16. The minimum atomic E-state index is 0.976. The predicted octanol–water partition coefficient (Wildman–Crippen LogP) is 3.29. The summed E-state index contributed by atoms with van der Waals surface area (Å²) in [7, 11) is 0. The molecule has 3 heteroatoms. The summed E-state index contributed by atoms with van der Waals surface area (Å²) in [6, 6.07) is 12.5. The van der Waals surface area contributed by atoms with Gasteiger partial charge in [-0.3, -0.25) is 4.98 Å². The lowest BCUT2D eigenvalue weighted by Gasteiger charge is -2.07. The van der Waals surface area contributed by atoms with Crippen molar-refractivity contribution in [3.05, 3.63) is 54.0 Å². The van der Waals surface area contributed by atoms with Gasteiger partial charge in [0.25, 0.3) is 0 Å². The van der Waals surface area contributed by atoms with Gasteiger partial charge in [-0.25, -0.2) is 4.68 Å². The van der Waals surface area contributed by atoms with E-state index in [0.717, 1.165) is 28.7 Å². The minimum absolute atomic E-state index is 0.976. The Balaban J connectivity index is 2.16. The molecule has 0 saturated carbocycles. The van der Waals surface area contributed by atoms with Gasteiger partial charge in [-0.2, -0.15) is 5.10 Å². The van der Waals surface area contributed by atoms with Gasteiger partial charge in [-0.15, -0.1) is 0 Å². The van der Waals surface area contributed by atoms with Gasteiger partial charge < -0.3 is 0 Å². The van der Waals surface area contributed by atoms with Crippen molar-refractivity contribution in [1.82, 2.24) is 14.8 Å². The minimum Gasteiger partial charge on any atom is -0.253 e. The van der Waals surface area contributed by atoms with Crippen LogP contribution in [0.3, 0.4) is 0 Å². The number of hydrogen-bond donors (Lipinski definition) is 0. The van der Waals surface area contributed by atoms with E-state index in [2.05, 4.69) is 47.3 Å². The zero-order valence-corrected chi connectivity index (χ0v) is 10.6. The van der Waals surface area contributed by atoms with E-state index in [1.807, 2.05) is 23.9 Å². The van der Waals surface area contributed by atoms with Crippen molar-refractivity contribution in [2.45, 2.75) is 20.3 Å². The first kappa shape index (κ1) is 11.0. The van der Waals surface area contributed by atoms with Crippen molar-refractivity contribution in [3.8, 4) is 5.69 Å². The van der Waals surface area contributed by atoms with Crippen molar-refractivity contribution in [2.75, 3.05) is 0 Å². The lowest BCUT2D eigenvalue weighted by atomic mass is 10.2. The number of fused-ring (bicyclic) bond motifs is 1. The molecule has 0 N–H and O–H groups in total. The van der Waals surface area contributed by atoms with Gasteiger partial charge in [0.1, 0.15) is 0 Å². The Labute approximate surface area is 106 Å². The maximum absolute atomic E-state index is 4.51. The van der Waals surface area contributed by atoms with Gasteiger partial charge in [0.05, 0.1) is 11.2 Å². The Bertz CT molecular complexity index is 698. The molecule has 3 nitrogen and oxygen atoms in total. The molecule has 0 bridgehead atoms. The third-order valence-electron chi connectivity index (χ3n) is 3.14. The zero-order chi connectivity index (χ0) is 12.5. The summed E-state index contributed by atoms with van der Waals surface area (Å²) in [5.41, 5.74) is 4.39. The standard InChI is InChI=1S/C15H15N3/c1-3-13-8-9-16-18(13)14-6-7-15-12(10-14)5-4-11(2)17-15/h4-10H,3H2,1-2H3. The maximum Gasteiger partial charge on any atom is 0.0706 e. The first-order valence-electron chi connectivity index (χ1n) is 6.18. The summed E-state index contributed by atoms with van der Waals surface area (Å²) >= 11 is 0. The topological polar surface area (TPSA) is 30.7 Å². The fourth-order valence-electron chi connectivity index (χ4n) is 2.18. The molecule has 0 unspecified atom stereocenters. The van der Waals surface area contributed by atoms with Crippen molar-refractivity contribution in [2.24, 2.45) is 0 Å². The molecule has 0 radical (unpaired) electrons. The normalized spacial score (nSPS) is 11.0. The van der Waals surface area contributed by atoms with Crippen LogP contribution in [-0.4, -0.2) is 14.8 Å². The molecule has 0 aliphatic heterocycles. The van der Waals surface area contributed by atoms with Crippen LogP contribution in [0.1, 0.15) is 18.3 Å². The smallest absolute Gasteiger partial charge is 0.0706 e. The molecule has 0 fully saturated rings. The summed E-state index contributed by atoms with van der Waals surface area (Å²) in [5, 5.41) is 5.53. The second-order valence-corrected chi connectivity index (χ2v) is 4.42. The molecule has 3 rings (SSSR count). The highest BCUT2D eigenvalue weighted by atomic mass is 15.3. The number of benzene rings is 1. The lowest BCUT2D eigenvalue weighted by Crippen LogP contribution is -2.01. The molecule has 90 valence electrons. The fourth-order valence-corrected chi connectivity index (χ4v) is 2.18. The van der Waals surface area contributed by atoms with Gasteiger partial charge in [0.2, 0.25) is 0 Å². The summed E-state index contributed by atoms with van der Waals surface area (Å²) in [6.45, 7) is 4.15. The fraction of sp³-hybridized carbons (Fsp3) is 0.200. The van der Waals surface area contributed by atoms with Crippen LogP contribution >= 0.6 is 0 Å². The van der Waals surface area contributed by atoms with E-state index in [-0.39, 0.29) is 0 Å². The van der Waals surface area contributed by atoms with Gasteiger partial charge in [0, 0.05) is 23.0 Å². The molecule has 3 aromatic rings. The summed E-state index contributed by atoms with van der Waals surface area (Å²) in [4.78, 5) is 4.51. The van der Waals surface area contributed by atoms with E-state index in [1.165, 1.54) is 5.69 Å². The van der Waals surface area contributed by atoms with E-state index in [0.29, 0.717) is 0 Å². The van der Waals surface area contributed by atoms with Crippen molar-refractivity contribution < 1.29 is 0 Å². The Morgan fingerprint density at radius 2 is 2.00 bits per heavy atom. The highest BCUT2D eigenvalue weighted by Crippen LogP contribution is 2.18. The first-order chi connectivity index (χ1) is 8.78. The van der Waals surface area contributed by atoms with E-state index >= 15 is 0 Å². The summed E-state index contributed by atoms with van der Waals surface area (Å²) < 4.78 is 1.99. The van der Waals surface area contributed by atoms with Crippen LogP contribution in [-0.2, 0) is 6.42 Å². The van der Waals surface area contributed by atoms with Gasteiger partial charge in [0.15, 0.2) is 0 Å². The monoisotopic (exact) mass is 237 g/mol. The van der Waals surface area contributed by atoms with Crippen LogP contribution in [0.2, 0.25) is 0 Å². The lowest BCUT2D eigenvalue weighted by molar-refractivity contribution is 0.815. The van der Waals surface area contributed by atoms with Gasteiger partial charge >= 0.3 is 0 Å². The van der Waals surface area contributed by atoms with Crippen molar-refractivity contribution in [3.63, 3.8) is 0 Å². The SMILES string of the molecule is CCc1ccnn1-c1ccc2nc(C)ccc2c1. The van der Waals surface area contributed by atoms with Crippen LogP contribution in [0, 0.1) is 6.92 Å². The molecule has 0 saturated heterocycles. The number of pyridine rings is 1. The molecule has 1 aromatic carbocycles. The largest absolute Gasteiger partial charge is 0.253 e. The van der Waals surface area contributed by atoms with Crippen LogP contribution < -0.4 is 0 Å². The molecule has 2 heterocycles. The number of nitrogens with zero attached hydrogens (tertiary/aromatic N) is 3. The number of aryl methyl sites for hydroxylation is 2. The van der Waals surface area contributed by atoms with Crippen LogP contribution in [0.25, 0.3) is 16.6 Å². The molecular formula is C15H15N3. The van der Waals surface area contributed by atoms with Gasteiger partial charge in [-0.05, 0) is 43.7 Å². The van der Waals surface area contributed by atoms with E-state index < -0.39 is 0 Å². The third kappa shape index (κ3) is 1.78. The number of aromatic nitrogens is 3. The molecule has 2 aromatic heterocycles. The molecule has 0 aliphatic carbocycles. The summed E-state index contributed by atoms with van der Waals surface area (Å²) in [6.07, 6.45) is 2.82. The van der Waals surface area contributed by atoms with Gasteiger partial charge in [-0.1, -0.05) is 13.0 Å². The second-order valence-electron chi connectivity index (χ2n) is 4.42. The molecule has 0 spiro atoms. The Kier molecular flexibility index (Phi) is 2.59. The zero-order valence-electron chi connectivity index (χ0n) is 10.6. The van der Waals surface area contributed by atoms with Crippen LogP contribution in [0.4, 0.5) is 0 Å². The van der Waals surface area contributed by atoms with E-state index in [4.69, 9.17) is 0 Å². The Morgan fingerprint density at radius 3 is 2.83 bits per heavy atom. The second kappa shape index (κ2) is 4.26. The molecule has 18 heavy (non-hydrogen) atoms. The van der Waals surface area contributed by atoms with Crippen molar-refractivity contribution >= 4 is 10.9 Å². The van der Waals surface area contributed by atoms with E-state index in [1.54, 1.807) is 0 Å². The summed E-state index contributed by atoms with van der Waals surface area (Å²) in [5.74, 6) is 0. The molecular weight excluding hydrogens is 222 g/mol. The maximum atomic E-state index is 4.51. The highest BCUT2D eigenvalue weighted by Gasteiger charge is 2.04. The first-order valence-corrected chi connectivity index (χ1v) is 6.18. The third-order valence-corrected chi connectivity index (χ3v) is 3.14. The highest BCUT2D eigenvalue weighted by molar-refractivity contribution is 5.80. The van der Waals surface area contributed by atoms with Crippen molar-refractivity contribution in [1.29, 1.82) is 0 Å². The number of hydrogen-bond acceptors (Lipinski definition) is 2. The molecule has 0 atom stereocenters. The molecule has 0 amide bonds. The average Bonchev–Trinajstić information content (AvgIpc) is 2.86. The van der Waals surface area contributed by atoms with E-state index in [9.17, 15) is 0 Å².